The van der Waals surface area contributed by atoms with E-state index in [1.165, 1.54) is 11.6 Å². The molecule has 0 radical (unpaired) electrons. The zero-order valence-electron chi connectivity index (χ0n) is 10.6. The standard InChI is InChI=1S/C16H14BrFO/c1-2-11-6-8-12(9-7-11)10-15(19)13-4-3-5-14(18)16(13)17/h3-9H,2,10H2,1H3. The Labute approximate surface area is 120 Å². The first kappa shape index (κ1) is 13.9. The summed E-state index contributed by atoms with van der Waals surface area (Å²) in [7, 11) is 0. The van der Waals surface area contributed by atoms with Gasteiger partial charge in [-0.2, -0.15) is 0 Å². The molecule has 0 bridgehead atoms. The molecule has 0 saturated carbocycles. The summed E-state index contributed by atoms with van der Waals surface area (Å²) in [4.78, 5) is 12.1. The summed E-state index contributed by atoms with van der Waals surface area (Å²) in [5.74, 6) is -0.497. The van der Waals surface area contributed by atoms with Crippen LogP contribution >= 0.6 is 15.9 Å². The fourth-order valence-electron chi connectivity index (χ4n) is 1.89. The minimum atomic E-state index is -0.410. The van der Waals surface area contributed by atoms with Crippen molar-refractivity contribution in [1.29, 1.82) is 0 Å². The van der Waals surface area contributed by atoms with E-state index in [4.69, 9.17) is 0 Å². The Kier molecular flexibility index (Phi) is 4.48. The van der Waals surface area contributed by atoms with Crippen LogP contribution in [0.5, 0.6) is 0 Å². The van der Waals surface area contributed by atoms with Gasteiger partial charge in [-0.1, -0.05) is 43.3 Å². The van der Waals surface area contributed by atoms with Crippen LogP contribution in [0.4, 0.5) is 4.39 Å². The van der Waals surface area contributed by atoms with E-state index in [0.717, 1.165) is 12.0 Å². The third kappa shape index (κ3) is 3.29. The number of carbonyl (C=O) groups excluding carboxylic acids is 1. The summed E-state index contributed by atoms with van der Waals surface area (Å²) in [5, 5.41) is 0. The lowest BCUT2D eigenvalue weighted by Gasteiger charge is -2.05. The van der Waals surface area contributed by atoms with Gasteiger partial charge in [0.15, 0.2) is 5.78 Å². The molecular formula is C16H14BrFO. The number of carbonyl (C=O) groups is 1. The molecule has 0 amide bonds. The molecular weight excluding hydrogens is 307 g/mol. The van der Waals surface area contributed by atoms with Crippen molar-refractivity contribution in [3.8, 4) is 0 Å². The Morgan fingerprint density at radius 1 is 1.11 bits per heavy atom. The predicted octanol–water partition coefficient (Wildman–Crippen LogP) is 4.58. The second-order valence-corrected chi connectivity index (χ2v) is 5.16. The van der Waals surface area contributed by atoms with Gasteiger partial charge in [0.05, 0.1) is 4.47 Å². The average Bonchev–Trinajstić information content (AvgIpc) is 2.42. The van der Waals surface area contributed by atoms with Crippen LogP contribution in [-0.4, -0.2) is 5.78 Å². The molecule has 3 heteroatoms. The topological polar surface area (TPSA) is 17.1 Å². The third-order valence-corrected chi connectivity index (χ3v) is 3.85. The van der Waals surface area contributed by atoms with E-state index in [9.17, 15) is 9.18 Å². The van der Waals surface area contributed by atoms with Crippen LogP contribution in [0, 0.1) is 5.82 Å². The highest BCUT2D eigenvalue weighted by molar-refractivity contribution is 9.10. The van der Waals surface area contributed by atoms with E-state index >= 15 is 0 Å². The zero-order valence-corrected chi connectivity index (χ0v) is 12.2. The van der Waals surface area contributed by atoms with Crippen molar-refractivity contribution in [2.75, 3.05) is 0 Å². The minimum absolute atomic E-state index is 0.0874. The van der Waals surface area contributed by atoms with E-state index in [1.54, 1.807) is 12.1 Å². The molecule has 1 nitrogen and oxygen atoms in total. The molecule has 0 saturated heterocycles. The lowest BCUT2D eigenvalue weighted by atomic mass is 10.0. The second-order valence-electron chi connectivity index (χ2n) is 4.37. The van der Waals surface area contributed by atoms with Gasteiger partial charge in [-0.3, -0.25) is 4.79 Å². The fraction of sp³-hybridized carbons (Fsp3) is 0.188. The second kappa shape index (κ2) is 6.11. The minimum Gasteiger partial charge on any atom is -0.294 e. The van der Waals surface area contributed by atoms with Crippen molar-refractivity contribution < 1.29 is 9.18 Å². The van der Waals surface area contributed by atoms with Crippen LogP contribution in [0.3, 0.4) is 0 Å². The van der Waals surface area contributed by atoms with Crippen LogP contribution in [0.15, 0.2) is 46.9 Å². The molecule has 2 aromatic carbocycles. The number of hydrogen-bond donors (Lipinski definition) is 0. The molecule has 19 heavy (non-hydrogen) atoms. The maximum atomic E-state index is 13.4. The lowest BCUT2D eigenvalue weighted by Crippen LogP contribution is -2.05. The van der Waals surface area contributed by atoms with Gasteiger partial charge in [-0.05, 0) is 39.5 Å². The highest BCUT2D eigenvalue weighted by atomic mass is 79.9. The summed E-state index contributed by atoms with van der Waals surface area (Å²) in [6, 6.07) is 12.4. The molecule has 0 aromatic heterocycles. The van der Waals surface area contributed by atoms with Gasteiger partial charge in [0.1, 0.15) is 5.82 Å². The van der Waals surface area contributed by atoms with Crippen LogP contribution in [0.25, 0.3) is 0 Å². The Bertz CT molecular complexity index is 590. The van der Waals surface area contributed by atoms with Gasteiger partial charge >= 0.3 is 0 Å². The van der Waals surface area contributed by atoms with Gasteiger partial charge in [0.2, 0.25) is 0 Å². The number of aryl methyl sites for hydroxylation is 1. The fourth-order valence-corrected chi connectivity index (χ4v) is 2.38. The van der Waals surface area contributed by atoms with Crippen molar-refractivity contribution >= 4 is 21.7 Å². The molecule has 0 aliphatic carbocycles. The first-order valence-corrected chi connectivity index (χ1v) is 6.96. The number of Topliss-reactive ketones (excluding diaryl/α,β-unsaturated/α-hetero) is 1. The number of rotatable bonds is 4. The molecule has 0 spiro atoms. The van der Waals surface area contributed by atoms with E-state index in [-0.39, 0.29) is 16.7 Å². The van der Waals surface area contributed by atoms with E-state index < -0.39 is 5.82 Å². The Balaban J connectivity index is 2.18. The van der Waals surface area contributed by atoms with E-state index in [0.29, 0.717) is 5.56 Å². The Morgan fingerprint density at radius 3 is 2.37 bits per heavy atom. The Morgan fingerprint density at radius 2 is 1.74 bits per heavy atom. The van der Waals surface area contributed by atoms with Crippen molar-refractivity contribution in [2.45, 2.75) is 19.8 Å². The highest BCUT2D eigenvalue weighted by Gasteiger charge is 2.13. The van der Waals surface area contributed by atoms with Crippen LogP contribution in [-0.2, 0) is 12.8 Å². The normalized spacial score (nSPS) is 10.5. The van der Waals surface area contributed by atoms with Crippen molar-refractivity contribution in [1.82, 2.24) is 0 Å². The van der Waals surface area contributed by atoms with Crippen molar-refractivity contribution in [3.63, 3.8) is 0 Å². The molecule has 0 aliphatic heterocycles. The molecule has 0 unspecified atom stereocenters. The summed E-state index contributed by atoms with van der Waals surface area (Å²) < 4.78 is 13.6. The summed E-state index contributed by atoms with van der Waals surface area (Å²) in [5.41, 5.74) is 2.57. The monoisotopic (exact) mass is 320 g/mol. The zero-order chi connectivity index (χ0) is 13.8. The smallest absolute Gasteiger partial charge is 0.168 e. The van der Waals surface area contributed by atoms with E-state index in [1.807, 2.05) is 24.3 Å². The van der Waals surface area contributed by atoms with Gasteiger partial charge < -0.3 is 0 Å². The summed E-state index contributed by atoms with van der Waals surface area (Å²) >= 11 is 3.12. The lowest BCUT2D eigenvalue weighted by molar-refractivity contribution is 0.0991. The molecule has 0 aliphatic rings. The number of ketones is 1. The maximum Gasteiger partial charge on any atom is 0.168 e. The average molecular weight is 321 g/mol. The SMILES string of the molecule is CCc1ccc(CC(=O)c2cccc(F)c2Br)cc1. The molecule has 98 valence electrons. The largest absolute Gasteiger partial charge is 0.294 e. The molecule has 0 fully saturated rings. The summed E-state index contributed by atoms with van der Waals surface area (Å²) in [6.07, 6.45) is 1.26. The summed E-state index contributed by atoms with van der Waals surface area (Å²) in [6.45, 7) is 2.09. The van der Waals surface area contributed by atoms with Gasteiger partial charge in [0, 0.05) is 12.0 Å². The van der Waals surface area contributed by atoms with Crippen LogP contribution < -0.4 is 0 Å². The maximum absolute atomic E-state index is 13.4. The Hall–Kier alpha value is -1.48. The van der Waals surface area contributed by atoms with Crippen molar-refractivity contribution in [2.24, 2.45) is 0 Å². The van der Waals surface area contributed by atoms with Gasteiger partial charge in [0.25, 0.3) is 0 Å². The van der Waals surface area contributed by atoms with Crippen LogP contribution in [0.2, 0.25) is 0 Å². The molecule has 0 N–H and O–H groups in total. The van der Waals surface area contributed by atoms with Gasteiger partial charge in [-0.15, -0.1) is 0 Å². The third-order valence-electron chi connectivity index (χ3n) is 3.05. The molecule has 2 aromatic rings. The molecule has 0 heterocycles. The number of benzene rings is 2. The first-order chi connectivity index (χ1) is 9.11. The van der Waals surface area contributed by atoms with Crippen molar-refractivity contribution in [3.05, 3.63) is 69.4 Å². The molecule has 2 rings (SSSR count). The first-order valence-electron chi connectivity index (χ1n) is 6.17. The van der Waals surface area contributed by atoms with E-state index in [2.05, 4.69) is 22.9 Å². The highest BCUT2D eigenvalue weighted by Crippen LogP contribution is 2.22. The predicted molar refractivity (Wildman–Crippen MR) is 78.0 cm³/mol. The van der Waals surface area contributed by atoms with Gasteiger partial charge in [-0.25, -0.2) is 4.39 Å². The number of halogens is 2. The quantitative estimate of drug-likeness (QED) is 0.754. The number of hydrogen-bond acceptors (Lipinski definition) is 1. The molecule has 0 atom stereocenters. The van der Waals surface area contributed by atoms with Crippen LogP contribution in [0.1, 0.15) is 28.4 Å².